The number of benzene rings is 1. The fourth-order valence-electron chi connectivity index (χ4n) is 4.99. The molecule has 0 bridgehead atoms. The molecule has 2 aromatic heterocycles. The first-order valence-corrected chi connectivity index (χ1v) is 13.7. The Balaban J connectivity index is 1.09. The number of rotatable bonds is 9. The first-order valence-electron chi connectivity index (χ1n) is 13.7. The standard InChI is InChI=1S/C29H35N7O5/c1-19-27(41-18-33-19)16-40-25-4-3-22-14-35(8-5-21(22)11-25)15-24(38)13-30-29(39)26-12-28(32-17-31-26)34-23-6-9-36(10-7-23)20(2)37/h3-4,11-12,15,17-18,23,38H,5-10,13-14,16H2,1-2H3,(H,30,39)(H,31,32,34)/b24-15-. The van der Waals surface area contributed by atoms with E-state index in [1.807, 2.05) is 34.9 Å². The Labute approximate surface area is 238 Å². The quantitative estimate of drug-likeness (QED) is 0.333. The average Bonchev–Trinajstić information content (AvgIpc) is 3.39. The van der Waals surface area contributed by atoms with Crippen LogP contribution in [0, 0.1) is 6.92 Å². The van der Waals surface area contributed by atoms with E-state index in [1.54, 1.807) is 19.2 Å². The maximum absolute atomic E-state index is 12.7. The Hall–Kier alpha value is -4.61. The van der Waals surface area contributed by atoms with Crippen LogP contribution in [0.1, 0.15) is 52.8 Å². The van der Waals surface area contributed by atoms with E-state index in [-0.39, 0.29) is 29.9 Å². The third-order valence-corrected chi connectivity index (χ3v) is 7.39. The highest BCUT2D eigenvalue weighted by molar-refractivity contribution is 5.92. The molecule has 0 atom stereocenters. The summed E-state index contributed by atoms with van der Waals surface area (Å²) in [4.78, 5) is 40.5. The summed E-state index contributed by atoms with van der Waals surface area (Å²) in [7, 11) is 0. The van der Waals surface area contributed by atoms with Crippen LogP contribution in [-0.4, -0.2) is 73.9 Å². The van der Waals surface area contributed by atoms with Crippen molar-refractivity contribution in [1.29, 1.82) is 0 Å². The van der Waals surface area contributed by atoms with Crippen LogP contribution in [0.2, 0.25) is 0 Å². The number of aliphatic hydroxyl groups excluding tert-OH is 1. The lowest BCUT2D eigenvalue weighted by Crippen LogP contribution is -2.41. The van der Waals surface area contributed by atoms with E-state index in [1.165, 1.54) is 18.3 Å². The number of oxazole rings is 1. The molecule has 0 spiro atoms. The second-order valence-electron chi connectivity index (χ2n) is 10.3. The number of nitrogens with one attached hydrogen (secondary N) is 2. The first-order chi connectivity index (χ1) is 19.8. The molecule has 4 heterocycles. The summed E-state index contributed by atoms with van der Waals surface area (Å²) in [6, 6.07) is 7.77. The lowest BCUT2D eigenvalue weighted by molar-refractivity contribution is -0.129. The molecule has 5 rings (SSSR count). The molecule has 2 amide bonds. The van der Waals surface area contributed by atoms with Crippen molar-refractivity contribution in [2.75, 3.05) is 31.5 Å². The summed E-state index contributed by atoms with van der Waals surface area (Å²) in [5.41, 5.74) is 3.38. The zero-order valence-corrected chi connectivity index (χ0v) is 23.3. The summed E-state index contributed by atoms with van der Waals surface area (Å²) in [6.07, 6.45) is 6.84. The Kier molecular flexibility index (Phi) is 8.66. The Morgan fingerprint density at radius 1 is 1.15 bits per heavy atom. The number of nitrogens with zero attached hydrogens (tertiary/aromatic N) is 5. The predicted molar refractivity (Wildman–Crippen MR) is 150 cm³/mol. The monoisotopic (exact) mass is 561 g/mol. The summed E-state index contributed by atoms with van der Waals surface area (Å²) >= 11 is 0. The van der Waals surface area contributed by atoms with Crippen LogP contribution >= 0.6 is 0 Å². The number of carbonyl (C=O) groups excluding carboxylic acids is 2. The van der Waals surface area contributed by atoms with E-state index < -0.39 is 5.91 Å². The zero-order chi connectivity index (χ0) is 28.8. The Bertz CT molecular complexity index is 1410. The van der Waals surface area contributed by atoms with Gasteiger partial charge >= 0.3 is 0 Å². The molecule has 1 aromatic carbocycles. The van der Waals surface area contributed by atoms with Gasteiger partial charge in [0, 0.05) is 51.4 Å². The predicted octanol–water partition coefficient (Wildman–Crippen LogP) is 2.96. The van der Waals surface area contributed by atoms with E-state index in [2.05, 4.69) is 25.6 Å². The minimum Gasteiger partial charge on any atom is -0.509 e. The number of anilines is 1. The second kappa shape index (κ2) is 12.7. The van der Waals surface area contributed by atoms with Crippen LogP contribution in [0.3, 0.4) is 0 Å². The smallest absolute Gasteiger partial charge is 0.270 e. The first kappa shape index (κ1) is 27.9. The van der Waals surface area contributed by atoms with Crippen LogP contribution < -0.4 is 15.4 Å². The number of aliphatic hydroxyl groups is 1. The third kappa shape index (κ3) is 7.33. The van der Waals surface area contributed by atoms with Crippen LogP contribution in [0.4, 0.5) is 5.82 Å². The molecule has 0 unspecified atom stereocenters. The molecular weight excluding hydrogens is 526 g/mol. The minimum absolute atomic E-state index is 0.0215. The molecule has 12 heteroatoms. The van der Waals surface area contributed by atoms with Crippen molar-refractivity contribution >= 4 is 17.6 Å². The minimum atomic E-state index is -0.404. The van der Waals surface area contributed by atoms with Gasteiger partial charge in [-0.25, -0.2) is 15.0 Å². The van der Waals surface area contributed by atoms with Crippen molar-refractivity contribution in [2.45, 2.75) is 52.3 Å². The molecule has 0 aliphatic carbocycles. The summed E-state index contributed by atoms with van der Waals surface area (Å²) < 4.78 is 11.2. The number of fused-ring (bicyclic) bond motifs is 1. The van der Waals surface area contributed by atoms with Gasteiger partial charge in [-0.15, -0.1) is 0 Å². The van der Waals surface area contributed by atoms with Crippen molar-refractivity contribution in [2.24, 2.45) is 0 Å². The Morgan fingerprint density at radius 3 is 2.73 bits per heavy atom. The van der Waals surface area contributed by atoms with Crippen molar-refractivity contribution in [3.63, 3.8) is 0 Å². The van der Waals surface area contributed by atoms with Gasteiger partial charge in [0.2, 0.25) is 5.91 Å². The van der Waals surface area contributed by atoms with E-state index in [4.69, 9.17) is 9.15 Å². The molecule has 3 N–H and O–H groups in total. The highest BCUT2D eigenvalue weighted by Gasteiger charge is 2.21. The van der Waals surface area contributed by atoms with Gasteiger partial charge in [-0.2, -0.15) is 0 Å². The highest BCUT2D eigenvalue weighted by atomic mass is 16.5. The van der Waals surface area contributed by atoms with Gasteiger partial charge in [-0.3, -0.25) is 9.59 Å². The third-order valence-electron chi connectivity index (χ3n) is 7.39. The number of hydrogen-bond acceptors (Lipinski definition) is 10. The molecule has 12 nitrogen and oxygen atoms in total. The van der Waals surface area contributed by atoms with Crippen molar-refractivity contribution < 1.29 is 23.8 Å². The molecule has 1 saturated heterocycles. The number of likely N-dealkylation sites (tertiary alicyclic amines) is 1. The maximum atomic E-state index is 12.7. The van der Waals surface area contributed by atoms with Crippen LogP contribution in [0.25, 0.3) is 0 Å². The molecule has 0 radical (unpaired) electrons. The van der Waals surface area contributed by atoms with E-state index in [9.17, 15) is 14.7 Å². The second-order valence-corrected chi connectivity index (χ2v) is 10.3. The molecule has 41 heavy (non-hydrogen) atoms. The van der Waals surface area contributed by atoms with E-state index in [0.29, 0.717) is 37.8 Å². The molecule has 0 saturated carbocycles. The number of amides is 2. The lowest BCUT2D eigenvalue weighted by atomic mass is 10.00. The number of hydrogen-bond donors (Lipinski definition) is 3. The topological polar surface area (TPSA) is 146 Å². The van der Waals surface area contributed by atoms with Crippen molar-refractivity contribution in [3.8, 4) is 5.75 Å². The number of aromatic nitrogens is 3. The summed E-state index contributed by atoms with van der Waals surface area (Å²) in [5.74, 6) is 1.77. The molecule has 1 fully saturated rings. The van der Waals surface area contributed by atoms with Gasteiger partial charge < -0.3 is 34.7 Å². The average molecular weight is 562 g/mol. The van der Waals surface area contributed by atoms with Crippen LogP contribution in [0.15, 0.2) is 53.4 Å². The largest absolute Gasteiger partial charge is 0.509 e. The van der Waals surface area contributed by atoms with Gasteiger partial charge in [0.1, 0.15) is 36.0 Å². The number of ether oxygens (including phenoxy) is 1. The lowest BCUT2D eigenvalue weighted by Gasteiger charge is -2.31. The number of piperidine rings is 1. The normalized spacial score (nSPS) is 15.8. The highest BCUT2D eigenvalue weighted by Crippen LogP contribution is 2.25. The van der Waals surface area contributed by atoms with Crippen LogP contribution in [0.5, 0.6) is 5.75 Å². The van der Waals surface area contributed by atoms with Gasteiger partial charge in [0.05, 0.1) is 12.2 Å². The van der Waals surface area contributed by atoms with E-state index in [0.717, 1.165) is 42.8 Å². The maximum Gasteiger partial charge on any atom is 0.270 e. The summed E-state index contributed by atoms with van der Waals surface area (Å²) in [6.45, 7) is 6.52. The molecule has 2 aliphatic heterocycles. The molecular formula is C29H35N7O5. The molecule has 2 aliphatic rings. The Morgan fingerprint density at radius 2 is 1.98 bits per heavy atom. The number of aryl methyl sites for hydroxylation is 1. The fourth-order valence-corrected chi connectivity index (χ4v) is 4.99. The zero-order valence-electron chi connectivity index (χ0n) is 23.3. The van der Waals surface area contributed by atoms with E-state index >= 15 is 0 Å². The van der Waals surface area contributed by atoms with Gasteiger partial charge in [0.25, 0.3) is 5.91 Å². The summed E-state index contributed by atoms with van der Waals surface area (Å²) in [5, 5.41) is 16.6. The van der Waals surface area contributed by atoms with Crippen molar-refractivity contribution in [3.05, 3.63) is 77.2 Å². The van der Waals surface area contributed by atoms with Crippen LogP contribution in [-0.2, 0) is 24.4 Å². The van der Waals surface area contributed by atoms with Gasteiger partial charge in [0.15, 0.2) is 12.2 Å². The van der Waals surface area contributed by atoms with Crippen molar-refractivity contribution in [1.82, 2.24) is 30.1 Å². The number of carbonyl (C=O) groups is 2. The van der Waals surface area contributed by atoms with Gasteiger partial charge in [-0.05, 0) is 49.4 Å². The molecule has 3 aromatic rings. The SMILES string of the molecule is CC(=O)N1CCC(Nc2cc(C(=O)NC/C(O)=C/N3CCc4cc(OCc5ocnc5C)ccc4C3)ncn2)CC1. The van der Waals surface area contributed by atoms with Gasteiger partial charge in [-0.1, -0.05) is 6.07 Å². The molecule has 216 valence electrons. The fraction of sp³-hybridized carbons (Fsp3) is 0.414.